The number of nitrogens with two attached hydrogens (primary N) is 1. The van der Waals surface area contributed by atoms with E-state index in [-0.39, 0.29) is 6.07 Å². The van der Waals surface area contributed by atoms with Crippen LogP contribution in [0, 0.1) is 5.82 Å². The van der Waals surface area contributed by atoms with E-state index in [9.17, 15) is 26.0 Å². The Labute approximate surface area is 82.6 Å². The Morgan fingerprint density at radius 2 is 1.73 bits per heavy atom. The molecule has 1 aromatic carbocycles. The van der Waals surface area contributed by atoms with Gasteiger partial charge in [-0.2, -0.15) is 13.2 Å². The Hall–Kier alpha value is -1.15. The first-order chi connectivity index (χ1) is 6.62. The van der Waals surface area contributed by atoms with Crippen LogP contribution in [0.25, 0.3) is 0 Å². The molecule has 0 fully saturated rings. The summed E-state index contributed by atoms with van der Waals surface area (Å²) in [5, 5.41) is 4.55. The zero-order chi connectivity index (χ0) is 11.9. The molecule has 1 rings (SSSR count). The predicted molar refractivity (Wildman–Crippen MR) is 42.8 cm³/mol. The molecule has 0 aromatic heterocycles. The van der Waals surface area contributed by atoms with Crippen molar-refractivity contribution in [2.24, 2.45) is 5.14 Å². The van der Waals surface area contributed by atoms with Crippen LogP contribution in [0.1, 0.15) is 5.56 Å². The first-order valence-corrected chi connectivity index (χ1v) is 5.06. The van der Waals surface area contributed by atoms with E-state index in [4.69, 9.17) is 0 Å². The summed E-state index contributed by atoms with van der Waals surface area (Å²) in [6.45, 7) is 0. The monoisotopic (exact) mass is 243 g/mol. The maximum Gasteiger partial charge on any atom is 0.417 e. The van der Waals surface area contributed by atoms with Gasteiger partial charge in [-0.15, -0.1) is 0 Å². The molecule has 0 bridgehead atoms. The van der Waals surface area contributed by atoms with E-state index in [1.54, 1.807) is 0 Å². The van der Waals surface area contributed by atoms with Crippen LogP contribution in [0.4, 0.5) is 17.6 Å². The van der Waals surface area contributed by atoms with Gasteiger partial charge < -0.3 is 0 Å². The van der Waals surface area contributed by atoms with Gasteiger partial charge in [0.2, 0.25) is 10.0 Å². The number of hydrogen-bond donors (Lipinski definition) is 1. The van der Waals surface area contributed by atoms with Crippen molar-refractivity contribution in [3.8, 4) is 0 Å². The maximum atomic E-state index is 12.5. The normalized spacial score (nSPS) is 12.9. The minimum absolute atomic E-state index is 0.0831. The first-order valence-electron chi connectivity index (χ1n) is 3.52. The lowest BCUT2D eigenvalue weighted by atomic mass is 10.2. The highest BCUT2D eigenvalue weighted by Gasteiger charge is 2.36. The third-order valence-corrected chi connectivity index (χ3v) is 2.52. The van der Waals surface area contributed by atoms with Gasteiger partial charge in [0, 0.05) is 0 Å². The Balaban J connectivity index is 3.55. The fraction of sp³-hybridized carbons (Fsp3) is 0.143. The molecule has 0 atom stereocenters. The number of hydrogen-bond acceptors (Lipinski definition) is 2. The minimum atomic E-state index is -4.97. The van der Waals surface area contributed by atoms with Gasteiger partial charge in [-0.25, -0.2) is 17.9 Å². The van der Waals surface area contributed by atoms with Crippen molar-refractivity contribution < 1.29 is 26.0 Å². The minimum Gasteiger partial charge on any atom is -0.225 e. The lowest BCUT2D eigenvalue weighted by Crippen LogP contribution is -2.19. The topological polar surface area (TPSA) is 60.2 Å². The maximum absolute atomic E-state index is 12.5. The molecule has 8 heteroatoms. The fourth-order valence-electron chi connectivity index (χ4n) is 0.972. The molecule has 0 saturated carbocycles. The van der Waals surface area contributed by atoms with Crippen molar-refractivity contribution in [2.75, 3.05) is 0 Å². The summed E-state index contributed by atoms with van der Waals surface area (Å²) < 4.78 is 70.9. The van der Waals surface area contributed by atoms with Gasteiger partial charge in [0.05, 0.1) is 10.5 Å². The van der Waals surface area contributed by atoms with Gasteiger partial charge in [-0.3, -0.25) is 0 Å². The molecule has 84 valence electrons. The average Bonchev–Trinajstić information content (AvgIpc) is 2.00. The standard InChI is InChI=1S/C7H5F4NO2S/c8-4-1-2-6(15(12,13)14)5(3-4)7(9,10)11/h1-3H,(H2,12,13,14). The van der Waals surface area contributed by atoms with Crippen molar-refractivity contribution in [1.29, 1.82) is 0 Å². The van der Waals surface area contributed by atoms with Gasteiger partial charge in [0.1, 0.15) is 5.82 Å². The van der Waals surface area contributed by atoms with Crippen LogP contribution in [-0.2, 0) is 16.2 Å². The second kappa shape index (κ2) is 3.46. The molecule has 0 aliphatic heterocycles. The molecule has 2 N–H and O–H groups in total. The summed E-state index contributed by atoms with van der Waals surface area (Å²) in [6.07, 6.45) is -4.97. The summed E-state index contributed by atoms with van der Waals surface area (Å²) in [5.74, 6) is -1.19. The summed E-state index contributed by atoms with van der Waals surface area (Å²) >= 11 is 0. The molecule has 0 heterocycles. The smallest absolute Gasteiger partial charge is 0.225 e. The summed E-state index contributed by atoms with van der Waals surface area (Å²) in [4.78, 5) is -1.14. The summed E-state index contributed by atoms with van der Waals surface area (Å²) in [6, 6.07) is 1.15. The van der Waals surface area contributed by atoms with E-state index in [1.165, 1.54) is 0 Å². The lowest BCUT2D eigenvalue weighted by molar-refractivity contribution is -0.140. The lowest BCUT2D eigenvalue weighted by Gasteiger charge is -2.10. The molecule has 15 heavy (non-hydrogen) atoms. The van der Waals surface area contributed by atoms with Gasteiger partial charge in [0.15, 0.2) is 0 Å². The van der Waals surface area contributed by atoms with Crippen LogP contribution in [0.3, 0.4) is 0 Å². The van der Waals surface area contributed by atoms with E-state index < -0.39 is 32.5 Å². The highest BCUT2D eigenvalue weighted by atomic mass is 32.2. The van der Waals surface area contributed by atoms with E-state index in [2.05, 4.69) is 5.14 Å². The van der Waals surface area contributed by atoms with Crippen molar-refractivity contribution >= 4 is 10.0 Å². The van der Waals surface area contributed by atoms with Crippen LogP contribution >= 0.6 is 0 Å². The number of sulfonamides is 1. The molecule has 0 spiro atoms. The van der Waals surface area contributed by atoms with E-state index in [0.717, 1.165) is 0 Å². The van der Waals surface area contributed by atoms with E-state index in [1.807, 2.05) is 0 Å². The van der Waals surface area contributed by atoms with Gasteiger partial charge >= 0.3 is 6.18 Å². The van der Waals surface area contributed by atoms with Crippen LogP contribution in [0.2, 0.25) is 0 Å². The van der Waals surface area contributed by atoms with E-state index in [0.29, 0.717) is 12.1 Å². The fourth-order valence-corrected chi connectivity index (χ4v) is 1.71. The highest BCUT2D eigenvalue weighted by Crippen LogP contribution is 2.34. The van der Waals surface area contributed by atoms with Crippen molar-refractivity contribution in [3.05, 3.63) is 29.6 Å². The molecule has 0 aliphatic rings. The molecule has 1 aromatic rings. The van der Waals surface area contributed by atoms with Crippen LogP contribution in [-0.4, -0.2) is 8.42 Å². The number of alkyl halides is 3. The summed E-state index contributed by atoms with van der Waals surface area (Å²) in [5.41, 5.74) is -1.61. The van der Waals surface area contributed by atoms with Crippen molar-refractivity contribution in [3.63, 3.8) is 0 Å². The van der Waals surface area contributed by atoms with Gasteiger partial charge in [-0.1, -0.05) is 0 Å². The second-order valence-corrected chi connectivity index (χ2v) is 4.21. The largest absolute Gasteiger partial charge is 0.417 e. The molecular formula is C7H5F4NO2S. The molecule has 0 aliphatic carbocycles. The second-order valence-electron chi connectivity index (χ2n) is 2.68. The molecule has 0 amide bonds. The zero-order valence-corrected chi connectivity index (χ0v) is 7.86. The molecule has 0 radical (unpaired) electrons. The third-order valence-electron chi connectivity index (χ3n) is 1.55. The van der Waals surface area contributed by atoms with E-state index >= 15 is 0 Å². The van der Waals surface area contributed by atoms with Crippen LogP contribution in [0.5, 0.6) is 0 Å². The van der Waals surface area contributed by atoms with Crippen LogP contribution in [0.15, 0.2) is 23.1 Å². The number of benzene rings is 1. The van der Waals surface area contributed by atoms with Crippen molar-refractivity contribution in [1.82, 2.24) is 0 Å². The SMILES string of the molecule is NS(=O)(=O)c1ccc(F)cc1C(F)(F)F. The van der Waals surface area contributed by atoms with Crippen molar-refractivity contribution in [2.45, 2.75) is 11.1 Å². The van der Waals surface area contributed by atoms with Gasteiger partial charge in [0.25, 0.3) is 0 Å². The number of primary sulfonamides is 1. The predicted octanol–water partition coefficient (Wildman–Crippen LogP) is 1.49. The molecular weight excluding hydrogens is 238 g/mol. The Bertz CT molecular complexity index is 480. The Kier molecular flexibility index (Phi) is 2.75. The zero-order valence-electron chi connectivity index (χ0n) is 7.05. The quantitative estimate of drug-likeness (QED) is 0.759. The van der Waals surface area contributed by atoms with Crippen LogP contribution < -0.4 is 5.14 Å². The summed E-state index contributed by atoms with van der Waals surface area (Å²) in [7, 11) is -4.52. The number of rotatable bonds is 1. The number of halogens is 4. The first kappa shape index (κ1) is 11.9. The Morgan fingerprint density at radius 3 is 2.13 bits per heavy atom. The average molecular weight is 243 g/mol. The van der Waals surface area contributed by atoms with Gasteiger partial charge in [-0.05, 0) is 18.2 Å². The highest BCUT2D eigenvalue weighted by molar-refractivity contribution is 7.89. The molecule has 0 saturated heterocycles. The Morgan fingerprint density at radius 1 is 1.20 bits per heavy atom. The molecule has 0 unspecified atom stereocenters. The molecule has 3 nitrogen and oxygen atoms in total. The third kappa shape index (κ3) is 2.66.